The highest BCUT2D eigenvalue weighted by Gasteiger charge is 2.09. The summed E-state index contributed by atoms with van der Waals surface area (Å²) in [6, 6.07) is 5.93. The Bertz CT molecular complexity index is 537. The van der Waals surface area contributed by atoms with Crippen LogP contribution >= 0.6 is 24.4 Å². The lowest BCUT2D eigenvalue weighted by molar-refractivity contribution is 0.0376. The minimum Gasteiger partial charge on any atom is -0.379 e. The Morgan fingerprint density at radius 3 is 2.46 bits per heavy atom. The van der Waals surface area contributed by atoms with Gasteiger partial charge in [0.25, 0.3) is 0 Å². The van der Waals surface area contributed by atoms with E-state index in [0.717, 1.165) is 45.8 Å². The molecule has 1 saturated heterocycles. The van der Waals surface area contributed by atoms with Crippen molar-refractivity contribution in [1.82, 2.24) is 21.1 Å². The molecule has 4 N–H and O–H groups in total. The second kappa shape index (κ2) is 10.3. The predicted molar refractivity (Wildman–Crippen MR) is 101 cm³/mol. The number of rotatable bonds is 5. The number of anilines is 1. The lowest BCUT2D eigenvalue weighted by atomic mass is 10.3. The first-order chi connectivity index (χ1) is 11.6. The Kier molecular flexibility index (Phi) is 8.10. The van der Waals surface area contributed by atoms with Crippen LogP contribution < -0.4 is 21.5 Å². The molecule has 0 radical (unpaired) electrons. The number of hydrogen-bond acceptors (Lipinski definition) is 4. The van der Waals surface area contributed by atoms with E-state index in [0.29, 0.717) is 15.9 Å². The molecule has 0 aromatic heterocycles. The van der Waals surface area contributed by atoms with Crippen molar-refractivity contribution in [2.24, 2.45) is 0 Å². The lowest BCUT2D eigenvalue weighted by Crippen LogP contribution is -2.48. The SMILES string of the molecule is Fc1ccc(NC(=S)NNC(=S)NCCCN2CCOCC2)cc1. The molecule has 9 heteroatoms. The molecule has 0 amide bonds. The van der Waals surface area contributed by atoms with Gasteiger partial charge in [-0.15, -0.1) is 0 Å². The predicted octanol–water partition coefficient (Wildman–Crippen LogP) is 1.21. The van der Waals surface area contributed by atoms with Crippen LogP contribution in [0.15, 0.2) is 24.3 Å². The Morgan fingerprint density at radius 1 is 1.08 bits per heavy atom. The van der Waals surface area contributed by atoms with Crippen LogP contribution in [0.25, 0.3) is 0 Å². The summed E-state index contributed by atoms with van der Waals surface area (Å²) in [6.45, 7) is 5.42. The van der Waals surface area contributed by atoms with Crippen molar-refractivity contribution in [1.29, 1.82) is 0 Å². The molecule has 0 aliphatic carbocycles. The van der Waals surface area contributed by atoms with E-state index in [1.807, 2.05) is 0 Å². The summed E-state index contributed by atoms with van der Waals surface area (Å²) in [5.74, 6) is -0.292. The maximum absolute atomic E-state index is 12.8. The van der Waals surface area contributed by atoms with Crippen molar-refractivity contribution >= 4 is 40.3 Å². The van der Waals surface area contributed by atoms with Crippen molar-refractivity contribution in [3.05, 3.63) is 30.1 Å². The number of morpholine rings is 1. The fourth-order valence-corrected chi connectivity index (χ4v) is 2.50. The van der Waals surface area contributed by atoms with Crippen LogP contribution in [-0.2, 0) is 4.74 Å². The molecule has 6 nitrogen and oxygen atoms in total. The highest BCUT2D eigenvalue weighted by atomic mass is 32.1. The van der Waals surface area contributed by atoms with E-state index in [1.165, 1.54) is 12.1 Å². The van der Waals surface area contributed by atoms with Gasteiger partial charge in [-0.3, -0.25) is 15.8 Å². The lowest BCUT2D eigenvalue weighted by Gasteiger charge is -2.26. The Balaban J connectivity index is 1.53. The van der Waals surface area contributed by atoms with Gasteiger partial charge in [0.15, 0.2) is 10.2 Å². The standard InChI is InChI=1S/C15H22FN5OS2/c16-12-2-4-13(5-3-12)18-15(24)20-19-14(23)17-6-1-7-21-8-10-22-11-9-21/h2-5H,1,6-11H2,(H2,17,19,23)(H2,18,20,24). The van der Waals surface area contributed by atoms with Crippen LogP contribution in [0.5, 0.6) is 0 Å². The van der Waals surface area contributed by atoms with Crippen LogP contribution in [-0.4, -0.2) is 54.5 Å². The summed E-state index contributed by atoms with van der Waals surface area (Å²) in [5.41, 5.74) is 6.29. The maximum atomic E-state index is 12.8. The Hall–Kier alpha value is -1.55. The van der Waals surface area contributed by atoms with Gasteiger partial charge in [0, 0.05) is 25.3 Å². The van der Waals surface area contributed by atoms with E-state index in [1.54, 1.807) is 12.1 Å². The number of hydrogen-bond donors (Lipinski definition) is 4. The smallest absolute Gasteiger partial charge is 0.189 e. The average Bonchev–Trinajstić information content (AvgIpc) is 2.60. The molecule has 2 rings (SSSR count). The van der Waals surface area contributed by atoms with E-state index in [9.17, 15) is 4.39 Å². The molecule has 24 heavy (non-hydrogen) atoms. The highest BCUT2D eigenvalue weighted by Crippen LogP contribution is 2.07. The van der Waals surface area contributed by atoms with E-state index in [-0.39, 0.29) is 5.82 Å². The molecule has 0 atom stereocenters. The van der Waals surface area contributed by atoms with E-state index >= 15 is 0 Å². The molecular formula is C15H22FN5OS2. The Labute approximate surface area is 152 Å². The van der Waals surface area contributed by atoms with Gasteiger partial charge in [-0.25, -0.2) is 4.39 Å². The van der Waals surface area contributed by atoms with Crippen LogP contribution in [0.3, 0.4) is 0 Å². The van der Waals surface area contributed by atoms with Crippen LogP contribution in [0.1, 0.15) is 6.42 Å². The fraction of sp³-hybridized carbons (Fsp3) is 0.467. The summed E-state index contributed by atoms with van der Waals surface area (Å²) in [6.07, 6.45) is 1.00. The van der Waals surface area contributed by atoms with Gasteiger partial charge < -0.3 is 15.4 Å². The monoisotopic (exact) mass is 371 g/mol. The summed E-state index contributed by atoms with van der Waals surface area (Å²) in [7, 11) is 0. The second-order valence-corrected chi connectivity index (χ2v) is 6.09. The largest absolute Gasteiger partial charge is 0.379 e. The highest BCUT2D eigenvalue weighted by molar-refractivity contribution is 7.80. The molecule has 1 aromatic carbocycles. The fourth-order valence-electron chi connectivity index (χ4n) is 2.18. The summed E-state index contributed by atoms with van der Waals surface area (Å²) in [4.78, 5) is 2.38. The zero-order chi connectivity index (χ0) is 17.2. The topological polar surface area (TPSA) is 60.6 Å². The van der Waals surface area contributed by atoms with Gasteiger partial charge in [0.1, 0.15) is 5.82 Å². The first-order valence-corrected chi connectivity index (χ1v) is 8.61. The molecule has 1 heterocycles. The van der Waals surface area contributed by atoms with Crippen LogP contribution in [0.2, 0.25) is 0 Å². The zero-order valence-electron chi connectivity index (χ0n) is 13.3. The van der Waals surface area contributed by atoms with E-state index in [2.05, 4.69) is 26.4 Å². The van der Waals surface area contributed by atoms with Crippen molar-refractivity contribution in [2.75, 3.05) is 44.7 Å². The summed E-state index contributed by atoms with van der Waals surface area (Å²) >= 11 is 10.3. The zero-order valence-corrected chi connectivity index (χ0v) is 14.9. The Morgan fingerprint density at radius 2 is 1.75 bits per heavy atom. The molecule has 1 fully saturated rings. The van der Waals surface area contributed by atoms with Gasteiger partial charge in [0.05, 0.1) is 13.2 Å². The third-order valence-corrected chi connectivity index (χ3v) is 3.88. The molecular weight excluding hydrogens is 349 g/mol. The summed E-state index contributed by atoms with van der Waals surface area (Å²) < 4.78 is 18.1. The van der Waals surface area contributed by atoms with Gasteiger partial charge in [0.2, 0.25) is 0 Å². The number of benzene rings is 1. The molecule has 0 saturated carbocycles. The minimum absolute atomic E-state index is 0.292. The first kappa shape index (κ1) is 18.8. The molecule has 1 aromatic rings. The molecule has 132 valence electrons. The third-order valence-electron chi connectivity index (χ3n) is 3.43. The molecule has 0 unspecified atom stereocenters. The van der Waals surface area contributed by atoms with Gasteiger partial charge in [-0.2, -0.15) is 0 Å². The number of thiocarbonyl (C=S) groups is 2. The van der Waals surface area contributed by atoms with Gasteiger partial charge in [-0.05, 0) is 61.7 Å². The normalized spacial score (nSPS) is 14.7. The molecule has 1 aliphatic heterocycles. The third kappa shape index (κ3) is 7.35. The maximum Gasteiger partial charge on any atom is 0.189 e. The number of nitrogens with zero attached hydrogens (tertiary/aromatic N) is 1. The number of nitrogens with one attached hydrogen (secondary N) is 4. The summed E-state index contributed by atoms with van der Waals surface area (Å²) in [5, 5.41) is 6.85. The second-order valence-electron chi connectivity index (χ2n) is 5.27. The number of ether oxygens (including phenoxy) is 1. The van der Waals surface area contributed by atoms with Crippen LogP contribution in [0, 0.1) is 5.82 Å². The van der Waals surface area contributed by atoms with E-state index in [4.69, 9.17) is 29.2 Å². The van der Waals surface area contributed by atoms with Crippen LogP contribution in [0.4, 0.5) is 10.1 Å². The van der Waals surface area contributed by atoms with Gasteiger partial charge >= 0.3 is 0 Å². The molecule has 1 aliphatic rings. The van der Waals surface area contributed by atoms with E-state index < -0.39 is 0 Å². The van der Waals surface area contributed by atoms with Gasteiger partial charge in [-0.1, -0.05) is 0 Å². The quantitative estimate of drug-likeness (QED) is 0.350. The molecule has 0 bridgehead atoms. The van der Waals surface area contributed by atoms with Crippen molar-refractivity contribution < 1.29 is 9.13 Å². The molecule has 0 spiro atoms. The van der Waals surface area contributed by atoms with Crippen molar-refractivity contribution in [2.45, 2.75) is 6.42 Å². The first-order valence-electron chi connectivity index (χ1n) is 7.80. The average molecular weight is 372 g/mol. The van der Waals surface area contributed by atoms with Crippen molar-refractivity contribution in [3.8, 4) is 0 Å². The minimum atomic E-state index is -0.292. The number of halogens is 1. The number of hydrazine groups is 1. The van der Waals surface area contributed by atoms with Crippen molar-refractivity contribution in [3.63, 3.8) is 0 Å².